The quantitative estimate of drug-likeness (QED) is 0.639. The van der Waals surface area contributed by atoms with E-state index in [4.69, 9.17) is 9.15 Å². The highest BCUT2D eigenvalue weighted by Crippen LogP contribution is 2.19. The lowest BCUT2D eigenvalue weighted by Crippen LogP contribution is -2.04. The number of furan rings is 1. The molecule has 1 aliphatic heterocycles. The maximum absolute atomic E-state index is 13.5. The molecule has 0 aliphatic carbocycles. The van der Waals surface area contributed by atoms with Crippen LogP contribution in [0.25, 0.3) is 6.08 Å². The Kier molecular flexibility index (Phi) is 3.64. The molecule has 1 aromatic carbocycles. The number of rotatable bonds is 4. The van der Waals surface area contributed by atoms with Gasteiger partial charge in [0.25, 0.3) is 0 Å². The fourth-order valence-corrected chi connectivity index (χ4v) is 1.98. The zero-order valence-electron chi connectivity index (χ0n) is 11.1. The molecule has 0 saturated carbocycles. The van der Waals surface area contributed by atoms with E-state index in [1.165, 1.54) is 12.1 Å². The lowest BCUT2D eigenvalue weighted by molar-refractivity contribution is -0.130. The summed E-state index contributed by atoms with van der Waals surface area (Å²) in [6, 6.07) is 9.81. The summed E-state index contributed by atoms with van der Waals surface area (Å²) in [4.78, 5) is 15.8. The Morgan fingerprint density at radius 1 is 1.14 bits per heavy atom. The van der Waals surface area contributed by atoms with E-state index in [1.54, 1.807) is 30.5 Å². The van der Waals surface area contributed by atoms with E-state index in [9.17, 15) is 9.18 Å². The van der Waals surface area contributed by atoms with Gasteiger partial charge >= 0.3 is 5.97 Å². The SMILES string of the molecule is O=C1OC(CCc2ccco2)=N/C1=C\c1ccccc1F. The normalized spacial score (nSPS) is 16.1. The van der Waals surface area contributed by atoms with Crippen molar-refractivity contribution in [1.29, 1.82) is 0 Å². The van der Waals surface area contributed by atoms with E-state index in [0.29, 0.717) is 24.3 Å². The number of carbonyl (C=O) groups excluding carboxylic acids is 1. The Labute approximate surface area is 120 Å². The number of hydrogen-bond donors (Lipinski definition) is 0. The first kappa shape index (κ1) is 13.3. The molecule has 0 fully saturated rings. The van der Waals surface area contributed by atoms with Crippen LogP contribution in [0.2, 0.25) is 0 Å². The number of esters is 1. The Morgan fingerprint density at radius 3 is 2.76 bits per heavy atom. The molecule has 0 spiro atoms. The molecule has 1 aliphatic rings. The topological polar surface area (TPSA) is 51.8 Å². The number of carbonyl (C=O) groups is 1. The summed E-state index contributed by atoms with van der Waals surface area (Å²) in [6.45, 7) is 0. The highest BCUT2D eigenvalue weighted by molar-refractivity contribution is 6.07. The zero-order chi connectivity index (χ0) is 14.7. The molecule has 2 heterocycles. The van der Waals surface area contributed by atoms with Gasteiger partial charge < -0.3 is 9.15 Å². The van der Waals surface area contributed by atoms with Crippen molar-refractivity contribution in [2.75, 3.05) is 0 Å². The largest absolute Gasteiger partial charge is 0.469 e. The van der Waals surface area contributed by atoms with Gasteiger partial charge in [-0.25, -0.2) is 14.2 Å². The highest BCUT2D eigenvalue weighted by Gasteiger charge is 2.23. The second-order valence-electron chi connectivity index (χ2n) is 4.53. The Bertz CT molecular complexity index is 717. The van der Waals surface area contributed by atoms with Crippen molar-refractivity contribution in [3.8, 4) is 0 Å². The third-order valence-corrected chi connectivity index (χ3v) is 3.03. The Balaban J connectivity index is 1.74. The van der Waals surface area contributed by atoms with Gasteiger partial charge in [-0.1, -0.05) is 18.2 Å². The van der Waals surface area contributed by atoms with Crippen LogP contribution in [0.4, 0.5) is 4.39 Å². The van der Waals surface area contributed by atoms with Crippen LogP contribution < -0.4 is 0 Å². The van der Waals surface area contributed by atoms with Gasteiger partial charge in [0.1, 0.15) is 11.6 Å². The Hall–Kier alpha value is -2.69. The average Bonchev–Trinajstić information content (AvgIpc) is 3.10. The molecular formula is C16H12FNO3. The van der Waals surface area contributed by atoms with Crippen molar-refractivity contribution in [3.05, 3.63) is 65.5 Å². The van der Waals surface area contributed by atoms with E-state index in [1.807, 2.05) is 6.07 Å². The summed E-state index contributed by atoms with van der Waals surface area (Å²) in [7, 11) is 0. The summed E-state index contributed by atoms with van der Waals surface area (Å²) in [5.41, 5.74) is 0.412. The second kappa shape index (κ2) is 5.75. The van der Waals surface area contributed by atoms with Crippen molar-refractivity contribution >= 4 is 17.9 Å². The molecule has 106 valence electrons. The molecule has 0 atom stereocenters. The van der Waals surface area contributed by atoms with Crippen molar-refractivity contribution in [1.82, 2.24) is 0 Å². The monoisotopic (exact) mass is 285 g/mol. The molecule has 5 heteroatoms. The van der Waals surface area contributed by atoms with Gasteiger partial charge in [-0.2, -0.15) is 0 Å². The minimum absolute atomic E-state index is 0.106. The van der Waals surface area contributed by atoms with E-state index in [2.05, 4.69) is 4.99 Å². The van der Waals surface area contributed by atoms with Crippen molar-refractivity contribution in [2.24, 2.45) is 4.99 Å². The number of aryl methyl sites for hydroxylation is 1. The molecule has 3 rings (SSSR count). The lowest BCUT2D eigenvalue weighted by Gasteiger charge is -1.96. The minimum atomic E-state index is -0.562. The van der Waals surface area contributed by atoms with Gasteiger partial charge in [-0.3, -0.25) is 0 Å². The van der Waals surface area contributed by atoms with Crippen LogP contribution in [0.15, 0.2) is 57.8 Å². The van der Waals surface area contributed by atoms with Crippen LogP contribution in [0.1, 0.15) is 17.7 Å². The predicted molar refractivity (Wildman–Crippen MR) is 74.9 cm³/mol. The third kappa shape index (κ3) is 3.08. The summed E-state index contributed by atoms with van der Waals surface area (Å²) < 4.78 is 23.8. The molecule has 21 heavy (non-hydrogen) atoms. The summed E-state index contributed by atoms with van der Waals surface area (Å²) in [5, 5.41) is 0. The van der Waals surface area contributed by atoms with Gasteiger partial charge in [0, 0.05) is 18.4 Å². The first-order valence-electron chi connectivity index (χ1n) is 6.51. The van der Waals surface area contributed by atoms with Gasteiger partial charge in [0.2, 0.25) is 0 Å². The molecule has 0 amide bonds. The molecular weight excluding hydrogens is 273 g/mol. The first-order valence-corrected chi connectivity index (χ1v) is 6.51. The molecule has 0 bridgehead atoms. The van der Waals surface area contributed by atoms with Crippen LogP contribution in [-0.4, -0.2) is 11.9 Å². The van der Waals surface area contributed by atoms with Gasteiger partial charge in [0.05, 0.1) is 6.26 Å². The molecule has 2 aromatic rings. The standard InChI is InChI=1S/C16H12FNO3/c17-13-6-2-1-4-11(13)10-14-16(19)21-15(18-14)8-7-12-5-3-9-20-12/h1-6,9-10H,7-8H2/b14-10-. The number of aliphatic imine (C=N–C) groups is 1. The van der Waals surface area contributed by atoms with E-state index < -0.39 is 11.8 Å². The summed E-state index contributed by atoms with van der Waals surface area (Å²) in [5.74, 6) is 0.143. The Morgan fingerprint density at radius 2 is 2.00 bits per heavy atom. The van der Waals surface area contributed by atoms with Crippen LogP contribution >= 0.6 is 0 Å². The molecule has 0 unspecified atom stereocenters. The lowest BCUT2D eigenvalue weighted by atomic mass is 10.2. The molecule has 1 aromatic heterocycles. The average molecular weight is 285 g/mol. The molecule has 0 radical (unpaired) electrons. The number of hydrogen-bond acceptors (Lipinski definition) is 4. The second-order valence-corrected chi connectivity index (χ2v) is 4.53. The molecule has 4 nitrogen and oxygen atoms in total. The summed E-state index contributed by atoms with van der Waals surface area (Å²) >= 11 is 0. The maximum Gasteiger partial charge on any atom is 0.363 e. The fourth-order valence-electron chi connectivity index (χ4n) is 1.98. The minimum Gasteiger partial charge on any atom is -0.469 e. The van der Waals surface area contributed by atoms with E-state index in [-0.39, 0.29) is 5.70 Å². The summed E-state index contributed by atoms with van der Waals surface area (Å²) in [6.07, 6.45) is 4.01. The smallest absolute Gasteiger partial charge is 0.363 e. The van der Waals surface area contributed by atoms with Crippen LogP contribution in [0.3, 0.4) is 0 Å². The van der Waals surface area contributed by atoms with E-state index in [0.717, 1.165) is 5.76 Å². The number of benzene rings is 1. The number of halogens is 1. The van der Waals surface area contributed by atoms with Gasteiger partial charge in [0.15, 0.2) is 11.6 Å². The van der Waals surface area contributed by atoms with Gasteiger partial charge in [-0.05, 0) is 24.3 Å². The fraction of sp³-hybridized carbons (Fsp3) is 0.125. The zero-order valence-corrected chi connectivity index (χ0v) is 11.1. The van der Waals surface area contributed by atoms with E-state index >= 15 is 0 Å². The highest BCUT2D eigenvalue weighted by atomic mass is 19.1. The van der Waals surface area contributed by atoms with Crippen molar-refractivity contribution in [3.63, 3.8) is 0 Å². The van der Waals surface area contributed by atoms with Crippen LogP contribution in [0.5, 0.6) is 0 Å². The maximum atomic E-state index is 13.5. The molecule has 0 saturated heterocycles. The third-order valence-electron chi connectivity index (χ3n) is 3.03. The predicted octanol–water partition coefficient (Wildman–Crippen LogP) is 3.35. The number of nitrogens with zero attached hydrogens (tertiary/aromatic N) is 1. The van der Waals surface area contributed by atoms with Crippen molar-refractivity contribution < 1.29 is 18.3 Å². The van der Waals surface area contributed by atoms with Crippen LogP contribution in [-0.2, 0) is 16.0 Å². The van der Waals surface area contributed by atoms with Gasteiger partial charge in [-0.15, -0.1) is 0 Å². The first-order chi connectivity index (χ1) is 10.2. The van der Waals surface area contributed by atoms with Crippen molar-refractivity contribution in [2.45, 2.75) is 12.8 Å². The molecule has 0 N–H and O–H groups in total. The number of ether oxygens (including phenoxy) is 1. The van der Waals surface area contributed by atoms with Crippen LogP contribution in [0, 0.1) is 5.82 Å². The number of cyclic esters (lactones) is 1.